The van der Waals surface area contributed by atoms with Gasteiger partial charge >= 0.3 is 5.97 Å². The third-order valence-electron chi connectivity index (χ3n) is 3.92. The molecule has 2 aromatic rings. The number of halogens is 3. The Bertz CT molecular complexity index is 918. The zero-order valence-electron chi connectivity index (χ0n) is 16.2. The molecule has 0 bridgehead atoms. The summed E-state index contributed by atoms with van der Waals surface area (Å²) in [5.74, 6) is -0.835. The van der Waals surface area contributed by atoms with E-state index < -0.39 is 21.8 Å². The summed E-state index contributed by atoms with van der Waals surface area (Å²) in [6.07, 6.45) is -1.10. The van der Waals surface area contributed by atoms with Gasteiger partial charge in [-0.05, 0) is 62.0 Å². The molecule has 2 rings (SSSR count). The van der Waals surface area contributed by atoms with Gasteiger partial charge in [0, 0.05) is 11.3 Å². The minimum atomic E-state index is -1.88. The second-order valence-electron chi connectivity index (χ2n) is 6.16. The average Bonchev–Trinajstić information content (AvgIpc) is 2.67. The van der Waals surface area contributed by atoms with E-state index in [1.807, 2.05) is 6.07 Å². The molecular weight excluding hydrogens is 469 g/mol. The predicted octanol–water partition coefficient (Wildman–Crippen LogP) is 4.58. The van der Waals surface area contributed by atoms with Crippen LogP contribution in [0.25, 0.3) is 0 Å². The van der Waals surface area contributed by atoms with E-state index in [9.17, 15) is 9.59 Å². The fourth-order valence-electron chi connectivity index (χ4n) is 2.44. The van der Waals surface area contributed by atoms with Crippen molar-refractivity contribution in [1.82, 2.24) is 10.6 Å². The molecule has 0 saturated carbocycles. The van der Waals surface area contributed by atoms with Crippen molar-refractivity contribution >= 4 is 69.7 Å². The van der Waals surface area contributed by atoms with E-state index >= 15 is 0 Å². The number of carbonyl (C=O) groups excluding carboxylic acids is 2. The molecule has 10 heteroatoms. The maximum atomic E-state index is 12.6. The van der Waals surface area contributed by atoms with Gasteiger partial charge in [-0.1, -0.05) is 53.0 Å². The molecule has 0 heterocycles. The van der Waals surface area contributed by atoms with Crippen LogP contribution >= 0.6 is 47.0 Å². The number of alkyl halides is 3. The van der Waals surface area contributed by atoms with Crippen molar-refractivity contribution in [3.05, 3.63) is 65.2 Å². The van der Waals surface area contributed by atoms with E-state index in [1.165, 1.54) is 0 Å². The molecule has 160 valence electrons. The van der Waals surface area contributed by atoms with Crippen molar-refractivity contribution in [2.24, 2.45) is 0 Å². The standard InChI is InChI=1S/C20H20Cl3N3O3S/c1-3-29-17(28)13-8-10-14(11-9-13)24-19(30)26-18(20(21,22)23)25-16(27)15-7-5-4-6-12(15)2/h4-11,18H,3H2,1-2H3,(H,25,27)(H2,24,26,30)/t18-/m1/s1. The number of esters is 1. The summed E-state index contributed by atoms with van der Waals surface area (Å²) >= 11 is 23.3. The molecular formula is C20H20Cl3N3O3S. The van der Waals surface area contributed by atoms with Crippen LogP contribution in [-0.2, 0) is 4.74 Å². The average molecular weight is 489 g/mol. The van der Waals surface area contributed by atoms with Gasteiger partial charge in [-0.3, -0.25) is 4.79 Å². The van der Waals surface area contributed by atoms with Crippen LogP contribution in [0.3, 0.4) is 0 Å². The van der Waals surface area contributed by atoms with Crippen molar-refractivity contribution in [2.45, 2.75) is 23.8 Å². The molecule has 0 saturated heterocycles. The summed E-state index contributed by atoms with van der Waals surface area (Å²) in [4.78, 5) is 24.3. The van der Waals surface area contributed by atoms with Crippen LogP contribution in [0.15, 0.2) is 48.5 Å². The van der Waals surface area contributed by atoms with Crippen LogP contribution in [0.1, 0.15) is 33.2 Å². The second kappa shape index (κ2) is 10.8. The van der Waals surface area contributed by atoms with Gasteiger partial charge in [0.05, 0.1) is 12.2 Å². The van der Waals surface area contributed by atoms with E-state index in [0.29, 0.717) is 23.4 Å². The fourth-order valence-corrected chi connectivity index (χ4v) is 3.00. The molecule has 1 atom stereocenters. The third kappa shape index (κ3) is 7.02. The lowest BCUT2D eigenvalue weighted by Gasteiger charge is -2.28. The smallest absolute Gasteiger partial charge is 0.338 e. The largest absolute Gasteiger partial charge is 0.462 e. The monoisotopic (exact) mass is 487 g/mol. The van der Waals surface area contributed by atoms with E-state index in [1.54, 1.807) is 56.3 Å². The predicted molar refractivity (Wildman–Crippen MR) is 124 cm³/mol. The maximum Gasteiger partial charge on any atom is 0.338 e. The molecule has 1 amide bonds. The molecule has 2 aromatic carbocycles. The van der Waals surface area contributed by atoms with E-state index in [2.05, 4.69) is 16.0 Å². The zero-order valence-corrected chi connectivity index (χ0v) is 19.3. The molecule has 6 nitrogen and oxygen atoms in total. The quantitative estimate of drug-likeness (QED) is 0.239. The highest BCUT2D eigenvalue weighted by Gasteiger charge is 2.35. The maximum absolute atomic E-state index is 12.6. The van der Waals surface area contributed by atoms with Crippen molar-refractivity contribution < 1.29 is 14.3 Å². The lowest BCUT2D eigenvalue weighted by molar-refractivity contribution is 0.0526. The minimum Gasteiger partial charge on any atom is -0.462 e. The molecule has 0 radical (unpaired) electrons. The molecule has 0 fully saturated rings. The minimum absolute atomic E-state index is 0.111. The van der Waals surface area contributed by atoms with Gasteiger partial charge in [-0.2, -0.15) is 0 Å². The Balaban J connectivity index is 2.04. The van der Waals surface area contributed by atoms with Gasteiger partial charge in [0.1, 0.15) is 6.17 Å². The number of ether oxygens (including phenoxy) is 1. The Morgan fingerprint density at radius 1 is 1.07 bits per heavy atom. The lowest BCUT2D eigenvalue weighted by atomic mass is 10.1. The van der Waals surface area contributed by atoms with Crippen LogP contribution in [0.2, 0.25) is 0 Å². The molecule has 0 aromatic heterocycles. The number of benzene rings is 2. The van der Waals surface area contributed by atoms with Gasteiger partial charge in [0.2, 0.25) is 3.79 Å². The number of hydrogen-bond donors (Lipinski definition) is 3. The topological polar surface area (TPSA) is 79.5 Å². The van der Waals surface area contributed by atoms with Gasteiger partial charge < -0.3 is 20.7 Å². The number of thiocarbonyl (C=S) groups is 1. The van der Waals surface area contributed by atoms with Crippen molar-refractivity contribution in [1.29, 1.82) is 0 Å². The lowest BCUT2D eigenvalue weighted by Crippen LogP contribution is -2.56. The van der Waals surface area contributed by atoms with E-state index in [4.69, 9.17) is 51.8 Å². The molecule has 0 aliphatic heterocycles. The first-order valence-electron chi connectivity index (χ1n) is 8.89. The Labute approximate surface area is 195 Å². The van der Waals surface area contributed by atoms with Crippen LogP contribution < -0.4 is 16.0 Å². The first kappa shape index (κ1) is 24.2. The van der Waals surface area contributed by atoms with Gasteiger partial charge in [0.15, 0.2) is 5.11 Å². The van der Waals surface area contributed by atoms with Crippen molar-refractivity contribution in [2.75, 3.05) is 11.9 Å². The number of amides is 1. The summed E-state index contributed by atoms with van der Waals surface area (Å²) in [6, 6.07) is 13.5. The highest BCUT2D eigenvalue weighted by atomic mass is 35.6. The van der Waals surface area contributed by atoms with Crippen LogP contribution in [-0.4, -0.2) is 33.6 Å². The number of rotatable bonds is 6. The fraction of sp³-hybridized carbons (Fsp3) is 0.250. The Morgan fingerprint density at radius 3 is 2.27 bits per heavy atom. The van der Waals surface area contributed by atoms with Crippen molar-refractivity contribution in [3.63, 3.8) is 0 Å². The highest BCUT2D eigenvalue weighted by molar-refractivity contribution is 7.80. The normalized spacial score (nSPS) is 11.9. The molecule has 30 heavy (non-hydrogen) atoms. The number of anilines is 1. The highest BCUT2D eigenvalue weighted by Crippen LogP contribution is 2.29. The molecule has 3 N–H and O–H groups in total. The van der Waals surface area contributed by atoms with Crippen LogP contribution in [0.4, 0.5) is 5.69 Å². The number of nitrogens with one attached hydrogen (secondary N) is 3. The van der Waals surface area contributed by atoms with Gasteiger partial charge in [-0.15, -0.1) is 0 Å². The zero-order chi connectivity index (χ0) is 22.3. The Morgan fingerprint density at radius 2 is 1.70 bits per heavy atom. The Hall–Kier alpha value is -2.06. The van der Waals surface area contributed by atoms with Crippen LogP contribution in [0, 0.1) is 6.92 Å². The van der Waals surface area contributed by atoms with Crippen LogP contribution in [0.5, 0.6) is 0 Å². The van der Waals surface area contributed by atoms with E-state index in [-0.39, 0.29) is 5.11 Å². The summed E-state index contributed by atoms with van der Waals surface area (Å²) in [5.41, 5.74) is 2.23. The summed E-state index contributed by atoms with van der Waals surface area (Å²) < 4.78 is 3.06. The Kier molecular flexibility index (Phi) is 8.73. The van der Waals surface area contributed by atoms with E-state index in [0.717, 1.165) is 5.56 Å². The first-order valence-corrected chi connectivity index (χ1v) is 10.4. The molecule has 0 aliphatic carbocycles. The molecule has 0 unspecified atom stereocenters. The molecule has 0 aliphatic rings. The summed E-state index contributed by atoms with van der Waals surface area (Å²) in [7, 11) is 0. The summed E-state index contributed by atoms with van der Waals surface area (Å²) in [5, 5.41) is 8.44. The van der Waals surface area contributed by atoms with Crippen molar-refractivity contribution in [3.8, 4) is 0 Å². The third-order valence-corrected chi connectivity index (χ3v) is 4.80. The second-order valence-corrected chi connectivity index (χ2v) is 8.94. The first-order chi connectivity index (χ1) is 14.1. The van der Waals surface area contributed by atoms with Gasteiger partial charge in [0.25, 0.3) is 5.91 Å². The number of carbonyl (C=O) groups is 2. The SMILES string of the molecule is CCOC(=O)c1ccc(NC(=S)N[C@@H](NC(=O)c2ccccc2C)C(Cl)(Cl)Cl)cc1. The molecule has 0 spiro atoms. The number of hydrogen-bond acceptors (Lipinski definition) is 4. The van der Waals surface area contributed by atoms with Gasteiger partial charge in [-0.25, -0.2) is 4.79 Å². The summed E-state index contributed by atoms with van der Waals surface area (Å²) in [6.45, 7) is 3.83. The number of aryl methyl sites for hydroxylation is 1.